The summed E-state index contributed by atoms with van der Waals surface area (Å²) in [6.07, 6.45) is 0.865. The predicted molar refractivity (Wildman–Crippen MR) is 190 cm³/mol. The van der Waals surface area contributed by atoms with Crippen LogP contribution < -0.4 is 15.4 Å². The summed E-state index contributed by atoms with van der Waals surface area (Å²) in [4.78, 5) is 72.4. The molecular weight excluding hydrogens is 714 g/mol. The second kappa shape index (κ2) is 15.5. The summed E-state index contributed by atoms with van der Waals surface area (Å²) >= 11 is 5.82. The zero-order chi connectivity index (χ0) is 37.9. The van der Waals surface area contributed by atoms with Gasteiger partial charge in [-0.15, -0.1) is 0 Å². The minimum Gasteiger partial charge on any atom is -0.508 e. The number of halogens is 1. The number of carbonyl (C=O) groups excluding carboxylic acids is 5. The molecule has 2 heterocycles. The Bertz CT molecular complexity index is 2120. The summed E-state index contributed by atoms with van der Waals surface area (Å²) in [7, 11) is -4.18. The van der Waals surface area contributed by atoms with E-state index in [2.05, 4.69) is 15.6 Å². The number of phenols is 1. The third kappa shape index (κ3) is 8.43. The van der Waals surface area contributed by atoms with Crippen molar-refractivity contribution < 1.29 is 41.9 Å². The van der Waals surface area contributed by atoms with Crippen LogP contribution in [-0.2, 0) is 19.6 Å². The Morgan fingerprint density at radius 1 is 0.865 bits per heavy atom. The summed E-state index contributed by atoms with van der Waals surface area (Å²) in [5.74, 6) is -4.11. The van der Waals surface area contributed by atoms with E-state index in [1.807, 2.05) is 4.72 Å². The van der Waals surface area contributed by atoms with Gasteiger partial charge in [0.1, 0.15) is 23.3 Å². The van der Waals surface area contributed by atoms with E-state index in [9.17, 15) is 37.5 Å². The minimum absolute atomic E-state index is 0.0231. The average Bonchev–Trinajstić information content (AvgIpc) is 3.76. The van der Waals surface area contributed by atoms with Gasteiger partial charge in [0.15, 0.2) is 5.58 Å². The second-order valence-corrected chi connectivity index (χ2v) is 15.2. The Balaban J connectivity index is 1.24. The largest absolute Gasteiger partial charge is 0.508 e. The first-order valence-corrected chi connectivity index (χ1v) is 18.4. The number of likely N-dealkylation sites (tertiary alicyclic amines) is 1. The Labute approximate surface area is 305 Å². The standard InChI is InChI=1S/C36H38ClN5O9S/c1-19(2)29(31(44)35-38-26-18-24(43)13-16-28(26)51-35)39-34(47)27-6-5-17-42(27)36(48)30(20(3)4)40-32(45)21-7-9-22(10-8-21)33(46)41-52(49,50)25-14-11-23(37)12-15-25/h7-16,18-20,27,29-30,43H,5-6,17H2,1-4H3,(H,39,47)(H,40,45)(H,41,46)/t27-,29-,30-/m0/s1. The average molecular weight is 752 g/mol. The molecule has 4 amide bonds. The molecule has 4 N–H and O–H groups in total. The highest BCUT2D eigenvalue weighted by atomic mass is 35.5. The Morgan fingerprint density at radius 3 is 2.10 bits per heavy atom. The highest BCUT2D eigenvalue weighted by Gasteiger charge is 2.40. The number of hydrogen-bond acceptors (Lipinski definition) is 10. The number of nitrogens with zero attached hydrogens (tertiary/aromatic N) is 2. The molecule has 0 aliphatic carbocycles. The van der Waals surface area contributed by atoms with Crippen LogP contribution in [0.3, 0.4) is 0 Å². The van der Waals surface area contributed by atoms with Crippen LogP contribution in [0.2, 0.25) is 5.02 Å². The van der Waals surface area contributed by atoms with E-state index in [1.165, 1.54) is 71.6 Å². The number of benzene rings is 3. The summed E-state index contributed by atoms with van der Waals surface area (Å²) in [5.41, 5.74) is 0.671. The van der Waals surface area contributed by atoms with Gasteiger partial charge in [-0.25, -0.2) is 18.1 Å². The molecule has 52 heavy (non-hydrogen) atoms. The van der Waals surface area contributed by atoms with Crippen LogP contribution in [0.15, 0.2) is 76.0 Å². The molecule has 0 radical (unpaired) electrons. The number of phenolic OH excluding ortho intramolecular Hbond substituents is 1. The molecular formula is C36H38ClN5O9S. The molecule has 274 valence electrons. The lowest BCUT2D eigenvalue weighted by Gasteiger charge is -2.31. The van der Waals surface area contributed by atoms with E-state index in [0.717, 1.165) is 0 Å². The van der Waals surface area contributed by atoms with Crippen LogP contribution in [0, 0.1) is 11.8 Å². The van der Waals surface area contributed by atoms with E-state index in [-0.39, 0.29) is 51.6 Å². The zero-order valence-electron chi connectivity index (χ0n) is 28.8. The maximum atomic E-state index is 13.9. The first kappa shape index (κ1) is 38.0. The maximum Gasteiger partial charge on any atom is 0.266 e. The topological polar surface area (TPSA) is 205 Å². The number of Topliss-reactive ketones (excluding diaryl/α,β-unsaturated/α-hetero) is 1. The molecule has 16 heteroatoms. The number of nitrogens with one attached hydrogen (secondary N) is 3. The molecule has 1 saturated heterocycles. The summed E-state index contributed by atoms with van der Waals surface area (Å²) < 4.78 is 32.8. The number of rotatable bonds is 12. The van der Waals surface area contributed by atoms with Gasteiger partial charge in [0.25, 0.3) is 27.7 Å². The number of aromatic nitrogens is 1. The molecule has 5 rings (SSSR count). The van der Waals surface area contributed by atoms with Gasteiger partial charge in [0.05, 0.1) is 10.9 Å². The fraction of sp³-hybridized carbons (Fsp3) is 0.333. The molecule has 3 aromatic carbocycles. The quantitative estimate of drug-likeness (QED) is 0.153. The molecule has 0 bridgehead atoms. The van der Waals surface area contributed by atoms with Gasteiger partial charge in [0.2, 0.25) is 17.6 Å². The lowest BCUT2D eigenvalue weighted by molar-refractivity contribution is -0.140. The molecule has 1 aliphatic rings. The molecule has 1 fully saturated rings. The monoisotopic (exact) mass is 751 g/mol. The van der Waals surface area contributed by atoms with Crippen LogP contribution in [-0.4, -0.2) is 77.5 Å². The number of fused-ring (bicyclic) bond motifs is 1. The fourth-order valence-electron chi connectivity index (χ4n) is 5.79. The zero-order valence-corrected chi connectivity index (χ0v) is 30.3. The summed E-state index contributed by atoms with van der Waals surface area (Å²) in [6, 6.07) is 11.8. The van der Waals surface area contributed by atoms with Crippen LogP contribution in [0.25, 0.3) is 11.1 Å². The van der Waals surface area contributed by atoms with Gasteiger partial charge in [-0.2, -0.15) is 0 Å². The van der Waals surface area contributed by atoms with E-state index in [4.69, 9.17) is 16.0 Å². The van der Waals surface area contributed by atoms with E-state index < -0.39 is 57.6 Å². The lowest BCUT2D eigenvalue weighted by atomic mass is 9.98. The first-order chi connectivity index (χ1) is 24.5. The van der Waals surface area contributed by atoms with Crippen molar-refractivity contribution in [3.63, 3.8) is 0 Å². The molecule has 0 spiro atoms. The number of ketones is 1. The van der Waals surface area contributed by atoms with Crippen molar-refractivity contribution >= 4 is 62.1 Å². The van der Waals surface area contributed by atoms with Gasteiger partial charge in [0, 0.05) is 28.8 Å². The number of hydrogen-bond donors (Lipinski definition) is 4. The highest BCUT2D eigenvalue weighted by molar-refractivity contribution is 7.90. The highest BCUT2D eigenvalue weighted by Crippen LogP contribution is 2.24. The van der Waals surface area contributed by atoms with Gasteiger partial charge >= 0.3 is 0 Å². The number of sulfonamides is 1. The van der Waals surface area contributed by atoms with Crippen LogP contribution >= 0.6 is 11.6 Å². The van der Waals surface area contributed by atoms with Gasteiger partial charge in [-0.1, -0.05) is 39.3 Å². The molecule has 4 aromatic rings. The summed E-state index contributed by atoms with van der Waals surface area (Å²) in [5, 5.41) is 15.6. The fourth-order valence-corrected chi connectivity index (χ4v) is 6.89. The van der Waals surface area contributed by atoms with Gasteiger partial charge in [-0.05, 0) is 85.3 Å². The van der Waals surface area contributed by atoms with Crippen molar-refractivity contribution in [2.45, 2.75) is 63.6 Å². The van der Waals surface area contributed by atoms with Crippen LogP contribution in [0.1, 0.15) is 71.9 Å². The third-order valence-corrected chi connectivity index (χ3v) is 10.2. The summed E-state index contributed by atoms with van der Waals surface area (Å²) in [6.45, 7) is 7.25. The molecule has 14 nitrogen and oxygen atoms in total. The van der Waals surface area contributed by atoms with Gasteiger partial charge in [-0.3, -0.25) is 24.0 Å². The smallest absolute Gasteiger partial charge is 0.266 e. The predicted octanol–water partition coefficient (Wildman–Crippen LogP) is 4.07. The molecule has 1 aromatic heterocycles. The molecule has 0 unspecified atom stereocenters. The maximum absolute atomic E-state index is 13.9. The minimum atomic E-state index is -4.18. The van der Waals surface area contributed by atoms with Gasteiger partial charge < -0.3 is 25.1 Å². The van der Waals surface area contributed by atoms with Crippen molar-refractivity contribution in [2.75, 3.05) is 6.54 Å². The Morgan fingerprint density at radius 2 is 1.48 bits per heavy atom. The Kier molecular flexibility index (Phi) is 11.3. The van der Waals surface area contributed by atoms with Crippen molar-refractivity contribution in [3.05, 3.63) is 88.8 Å². The van der Waals surface area contributed by atoms with Crippen molar-refractivity contribution in [2.24, 2.45) is 11.8 Å². The van der Waals surface area contributed by atoms with Crippen molar-refractivity contribution in [1.29, 1.82) is 0 Å². The Hall–Kier alpha value is -5.28. The van der Waals surface area contributed by atoms with Crippen LogP contribution in [0.4, 0.5) is 0 Å². The van der Waals surface area contributed by atoms with Crippen LogP contribution in [0.5, 0.6) is 5.75 Å². The normalized spacial score (nSPS) is 15.8. The second-order valence-electron chi connectivity index (χ2n) is 13.1. The first-order valence-electron chi connectivity index (χ1n) is 16.5. The van der Waals surface area contributed by atoms with E-state index in [1.54, 1.807) is 27.7 Å². The van der Waals surface area contributed by atoms with E-state index >= 15 is 0 Å². The van der Waals surface area contributed by atoms with E-state index in [0.29, 0.717) is 23.4 Å². The number of aromatic hydroxyl groups is 1. The molecule has 0 saturated carbocycles. The molecule has 3 atom stereocenters. The number of carbonyl (C=O) groups is 5. The third-order valence-electron chi connectivity index (χ3n) is 8.65. The molecule has 1 aliphatic heterocycles. The number of oxazole rings is 1. The lowest BCUT2D eigenvalue weighted by Crippen LogP contribution is -2.57. The van der Waals surface area contributed by atoms with Crippen molar-refractivity contribution in [3.8, 4) is 5.75 Å². The SMILES string of the molecule is CC(C)[C@H](NC(=O)[C@@H]1CCCN1C(=O)[C@@H](NC(=O)c1ccc(C(=O)NS(=O)(=O)c2ccc(Cl)cc2)cc1)C(C)C)C(=O)c1nc2cc(O)ccc2o1. The van der Waals surface area contributed by atoms with Crippen molar-refractivity contribution in [1.82, 2.24) is 25.2 Å². The number of amides is 4.